The summed E-state index contributed by atoms with van der Waals surface area (Å²) < 4.78 is 15.4. The van der Waals surface area contributed by atoms with Crippen LogP contribution in [0.5, 0.6) is 0 Å². The smallest absolute Gasteiger partial charge is 0.200 e. The first kappa shape index (κ1) is 29.6. The Kier molecular flexibility index (Phi) is 6.88. The first-order chi connectivity index (χ1) is 21.0. The van der Waals surface area contributed by atoms with Gasteiger partial charge in [0, 0.05) is 47.2 Å². The zero-order valence-electron chi connectivity index (χ0n) is 25.5. The number of ether oxygens (including phenoxy) is 2. The predicted octanol–water partition coefficient (Wildman–Crippen LogP) is 3.29. The van der Waals surface area contributed by atoms with Crippen molar-refractivity contribution < 1.29 is 34.4 Å². The molecule has 234 valence electrons. The summed E-state index contributed by atoms with van der Waals surface area (Å²) >= 11 is 0. The van der Waals surface area contributed by atoms with E-state index in [9.17, 15) is 24.9 Å². The molecule has 9 heteroatoms. The van der Waals surface area contributed by atoms with Crippen LogP contribution in [0.2, 0.25) is 0 Å². The third-order valence-electron chi connectivity index (χ3n) is 12.1. The number of fused-ring (bicyclic) bond motifs is 7. The number of anilines is 1. The molecule has 1 saturated heterocycles. The second-order valence-corrected chi connectivity index (χ2v) is 14.0. The van der Waals surface area contributed by atoms with Gasteiger partial charge >= 0.3 is 0 Å². The fourth-order valence-electron chi connectivity index (χ4n) is 9.91. The highest BCUT2D eigenvalue weighted by Gasteiger charge is 2.76. The molecule has 0 bridgehead atoms. The Labute approximate surface area is 257 Å². The number of hydrogen-bond acceptors (Lipinski definition) is 8. The average molecular weight is 603 g/mol. The van der Waals surface area contributed by atoms with E-state index >= 15 is 0 Å². The van der Waals surface area contributed by atoms with Crippen LogP contribution < -0.4 is 5.73 Å². The molecule has 4 fully saturated rings. The lowest BCUT2D eigenvalue weighted by atomic mass is 9.46. The van der Waals surface area contributed by atoms with Crippen LogP contribution in [0.3, 0.4) is 0 Å². The summed E-state index contributed by atoms with van der Waals surface area (Å²) in [5.41, 5.74) is 8.62. The number of aliphatic hydroxyl groups is 3. The van der Waals surface area contributed by atoms with E-state index in [4.69, 9.17) is 15.2 Å². The van der Waals surface area contributed by atoms with Crippen LogP contribution in [0, 0.1) is 28.6 Å². The molecule has 9 nitrogen and oxygen atoms in total. The van der Waals surface area contributed by atoms with E-state index in [1.807, 2.05) is 54.9 Å². The third kappa shape index (κ3) is 3.96. The molecule has 9 atom stereocenters. The zero-order chi connectivity index (χ0) is 31.2. The van der Waals surface area contributed by atoms with Gasteiger partial charge in [-0.3, -0.25) is 9.59 Å². The Hall–Kier alpha value is -3.08. The number of rotatable bonds is 6. The number of ketones is 2. The number of carbonyl (C=O) groups excluding carboxylic acids is 2. The van der Waals surface area contributed by atoms with Gasteiger partial charge in [-0.15, -0.1) is 0 Å². The van der Waals surface area contributed by atoms with Crippen LogP contribution in [0.25, 0.3) is 0 Å². The van der Waals surface area contributed by atoms with Gasteiger partial charge in [0.25, 0.3) is 0 Å². The van der Waals surface area contributed by atoms with Crippen LogP contribution in [0.1, 0.15) is 68.3 Å². The summed E-state index contributed by atoms with van der Waals surface area (Å²) in [6, 6.07) is 9.60. The number of Topliss-reactive ketones (excluding diaryl/α,β-unsaturated/α-hetero) is 1. The molecule has 1 aliphatic heterocycles. The van der Waals surface area contributed by atoms with E-state index in [2.05, 4.69) is 6.92 Å². The average Bonchev–Trinajstić information content (AvgIpc) is 3.62. The van der Waals surface area contributed by atoms with E-state index in [0.29, 0.717) is 30.5 Å². The van der Waals surface area contributed by atoms with E-state index in [-0.39, 0.29) is 30.1 Å². The summed E-state index contributed by atoms with van der Waals surface area (Å²) in [6.45, 7) is 3.39. The summed E-state index contributed by atoms with van der Waals surface area (Å²) in [6.07, 6.45) is 6.36. The highest BCUT2D eigenvalue weighted by Crippen LogP contribution is 2.70. The van der Waals surface area contributed by atoms with Crippen molar-refractivity contribution in [2.45, 2.75) is 76.7 Å². The summed E-state index contributed by atoms with van der Waals surface area (Å²) in [5.74, 6) is -0.348. The SMILES string of the molecule is Cn1c(Cc2ccc(CO)c(N)c2)ccc1[C@@H]1O[C@@H]2C[C@H]3[C@@H]4CCC5=CC(=O)C=C[C@]5(C)[C@H]4[C@@H](O)C[C@]3(C)[C@]2(C(=O)CO)O1. The fraction of sp³-hybridized carbons (Fsp3) is 0.543. The quantitative estimate of drug-likeness (QED) is 0.369. The Morgan fingerprint density at radius 3 is 2.70 bits per heavy atom. The molecule has 5 N–H and O–H groups in total. The molecule has 1 aromatic carbocycles. The third-order valence-corrected chi connectivity index (χ3v) is 12.1. The molecule has 5 aliphatic rings. The molecule has 7 rings (SSSR count). The summed E-state index contributed by atoms with van der Waals surface area (Å²) in [7, 11) is 1.94. The first-order valence-electron chi connectivity index (χ1n) is 15.7. The fourth-order valence-corrected chi connectivity index (χ4v) is 9.91. The Bertz CT molecular complexity index is 1590. The Morgan fingerprint density at radius 2 is 1.98 bits per heavy atom. The Morgan fingerprint density at radius 1 is 1.18 bits per heavy atom. The van der Waals surface area contributed by atoms with Crippen molar-refractivity contribution in [3.05, 3.63) is 76.6 Å². The van der Waals surface area contributed by atoms with Crippen LogP contribution in [-0.2, 0) is 39.1 Å². The molecule has 0 spiro atoms. The number of nitrogen functional groups attached to an aromatic ring is 1. The maximum absolute atomic E-state index is 13.8. The van der Waals surface area contributed by atoms with E-state index in [1.54, 1.807) is 12.2 Å². The van der Waals surface area contributed by atoms with Gasteiger partial charge in [-0.25, -0.2) is 0 Å². The van der Waals surface area contributed by atoms with Gasteiger partial charge in [0.05, 0.1) is 24.5 Å². The largest absolute Gasteiger partial charge is 0.398 e. The molecular formula is C35H42N2O7. The first-order valence-corrected chi connectivity index (χ1v) is 15.7. The number of benzene rings is 1. The molecule has 1 aromatic heterocycles. The minimum Gasteiger partial charge on any atom is -0.398 e. The monoisotopic (exact) mass is 602 g/mol. The molecule has 4 aliphatic carbocycles. The maximum Gasteiger partial charge on any atom is 0.200 e. The maximum atomic E-state index is 13.8. The van der Waals surface area contributed by atoms with E-state index in [1.165, 1.54) is 0 Å². The minimum absolute atomic E-state index is 0.00522. The minimum atomic E-state index is -1.39. The normalized spacial score (nSPS) is 39.0. The van der Waals surface area contributed by atoms with Crippen molar-refractivity contribution >= 4 is 17.3 Å². The standard InChI is InChI=1S/C35H42N2O7/c1-33-11-10-23(40)14-21(33)6-8-24-25-15-30-35(29(42)18-39,34(25,2)16-28(41)31(24)33)44-32(43-30)27-9-7-22(37(27)3)12-19-4-5-20(17-38)26(36)13-19/h4-5,7,9-11,13-14,24-25,28,30-32,38-39,41H,6,8,12,15-18,36H2,1-3H3/t24-,25-,28-,30+,31+,32+,33-,34-,35+/m0/s1. The second-order valence-electron chi connectivity index (χ2n) is 14.0. The number of aliphatic hydroxyl groups excluding tert-OH is 3. The number of allylic oxidation sites excluding steroid dienone is 4. The highest BCUT2D eigenvalue weighted by molar-refractivity contribution is 6.01. The molecule has 2 aromatic rings. The zero-order valence-corrected chi connectivity index (χ0v) is 25.5. The van der Waals surface area contributed by atoms with Crippen molar-refractivity contribution in [2.75, 3.05) is 12.3 Å². The van der Waals surface area contributed by atoms with E-state index in [0.717, 1.165) is 35.4 Å². The number of nitrogens with zero attached hydrogens (tertiary/aromatic N) is 1. The summed E-state index contributed by atoms with van der Waals surface area (Å²) in [5, 5.41) is 31.6. The molecular weight excluding hydrogens is 560 g/mol. The van der Waals surface area contributed by atoms with Gasteiger partial charge in [0.2, 0.25) is 6.29 Å². The number of carbonyl (C=O) groups is 2. The lowest BCUT2D eigenvalue weighted by molar-refractivity contribution is -0.202. The molecule has 2 heterocycles. The van der Waals surface area contributed by atoms with Crippen LogP contribution in [0.4, 0.5) is 5.69 Å². The molecule has 0 radical (unpaired) electrons. The molecule has 3 saturated carbocycles. The van der Waals surface area contributed by atoms with Crippen molar-refractivity contribution in [2.24, 2.45) is 35.6 Å². The van der Waals surface area contributed by atoms with E-state index < -0.39 is 47.3 Å². The molecule has 44 heavy (non-hydrogen) atoms. The topological polar surface area (TPSA) is 144 Å². The summed E-state index contributed by atoms with van der Waals surface area (Å²) in [4.78, 5) is 26.0. The lowest BCUT2D eigenvalue weighted by Crippen LogP contribution is -2.63. The Balaban J connectivity index is 1.19. The predicted molar refractivity (Wildman–Crippen MR) is 162 cm³/mol. The van der Waals surface area contributed by atoms with Crippen molar-refractivity contribution in [1.29, 1.82) is 0 Å². The highest BCUT2D eigenvalue weighted by atomic mass is 16.7. The van der Waals surface area contributed by atoms with Crippen LogP contribution in [-0.4, -0.2) is 55.9 Å². The number of aromatic nitrogens is 1. The van der Waals surface area contributed by atoms with Crippen molar-refractivity contribution in [1.82, 2.24) is 4.57 Å². The van der Waals surface area contributed by atoms with Gasteiger partial charge in [0.15, 0.2) is 17.2 Å². The van der Waals surface area contributed by atoms with Crippen molar-refractivity contribution in [3.8, 4) is 0 Å². The van der Waals surface area contributed by atoms with Gasteiger partial charge in [-0.05, 0) is 73.4 Å². The van der Waals surface area contributed by atoms with Gasteiger partial charge in [-0.2, -0.15) is 0 Å². The van der Waals surface area contributed by atoms with Gasteiger partial charge in [-0.1, -0.05) is 37.6 Å². The molecule has 0 amide bonds. The van der Waals surface area contributed by atoms with Gasteiger partial charge < -0.3 is 35.1 Å². The molecule has 0 unspecified atom stereocenters. The van der Waals surface area contributed by atoms with Crippen LogP contribution in [0.15, 0.2) is 54.1 Å². The van der Waals surface area contributed by atoms with Crippen molar-refractivity contribution in [3.63, 3.8) is 0 Å². The van der Waals surface area contributed by atoms with Gasteiger partial charge in [0.1, 0.15) is 6.61 Å². The lowest BCUT2D eigenvalue weighted by Gasteiger charge is -2.59. The number of nitrogens with two attached hydrogens (primary N) is 1. The second kappa shape index (κ2) is 10.2. The number of hydrogen-bond donors (Lipinski definition) is 4. The van der Waals surface area contributed by atoms with Crippen LogP contribution >= 0.6 is 0 Å².